The normalized spacial score (nSPS) is 10.8. The summed E-state index contributed by atoms with van der Waals surface area (Å²) in [5, 5.41) is 16.1. The monoisotopic (exact) mass is 285 g/mol. The van der Waals surface area contributed by atoms with Gasteiger partial charge in [0.1, 0.15) is 5.75 Å². The van der Waals surface area contributed by atoms with Crippen molar-refractivity contribution < 1.29 is 4.74 Å². The highest BCUT2D eigenvalue weighted by atomic mass is 16.5. The highest BCUT2D eigenvalue weighted by molar-refractivity contribution is 5.78. The molecule has 0 aliphatic heterocycles. The maximum absolute atomic E-state index is 6.08. The first-order valence-corrected chi connectivity index (χ1v) is 6.50. The minimum absolute atomic E-state index is 0.496. The first kappa shape index (κ1) is 13.1. The van der Waals surface area contributed by atoms with Crippen molar-refractivity contribution in [2.45, 2.75) is 6.92 Å². The van der Waals surface area contributed by atoms with Crippen molar-refractivity contribution in [3.05, 3.63) is 30.5 Å². The fraction of sp³-hybridized carbons (Fsp3) is 0.231. The SMILES string of the molecule is CCOc1cccc(N)c1-c1nnnn1-c1ccn(C)n1. The van der Waals surface area contributed by atoms with Crippen LogP contribution in [-0.2, 0) is 7.05 Å². The summed E-state index contributed by atoms with van der Waals surface area (Å²) < 4.78 is 8.84. The Labute approximate surface area is 121 Å². The average molecular weight is 285 g/mol. The van der Waals surface area contributed by atoms with Crippen molar-refractivity contribution in [2.75, 3.05) is 12.3 Å². The minimum atomic E-state index is 0.496. The van der Waals surface area contributed by atoms with Crippen molar-refractivity contribution in [3.8, 4) is 23.0 Å². The van der Waals surface area contributed by atoms with Crippen molar-refractivity contribution in [1.82, 2.24) is 30.0 Å². The number of ether oxygens (including phenoxy) is 1. The van der Waals surface area contributed by atoms with E-state index in [1.165, 1.54) is 4.68 Å². The van der Waals surface area contributed by atoms with E-state index in [4.69, 9.17) is 10.5 Å². The van der Waals surface area contributed by atoms with Gasteiger partial charge in [-0.25, -0.2) is 0 Å². The molecule has 0 saturated heterocycles. The standard InChI is InChI=1S/C13H15N7O/c1-3-21-10-6-4-5-9(14)12(10)13-15-17-18-20(13)11-7-8-19(2)16-11/h4-8H,3,14H2,1-2H3. The van der Waals surface area contributed by atoms with Crippen LogP contribution in [0.3, 0.4) is 0 Å². The van der Waals surface area contributed by atoms with Crippen LogP contribution in [0.25, 0.3) is 17.2 Å². The fourth-order valence-corrected chi connectivity index (χ4v) is 2.08. The van der Waals surface area contributed by atoms with Gasteiger partial charge >= 0.3 is 0 Å². The molecule has 1 aromatic carbocycles. The second-order valence-electron chi connectivity index (χ2n) is 4.42. The van der Waals surface area contributed by atoms with Crippen LogP contribution in [0.5, 0.6) is 5.75 Å². The molecule has 2 heterocycles. The van der Waals surface area contributed by atoms with Gasteiger partial charge in [0.05, 0.1) is 12.2 Å². The van der Waals surface area contributed by atoms with Gasteiger partial charge in [-0.1, -0.05) is 6.07 Å². The van der Waals surface area contributed by atoms with Gasteiger partial charge in [-0.05, 0) is 29.5 Å². The predicted octanol–water partition coefficient (Wildman–Crippen LogP) is 1.04. The predicted molar refractivity (Wildman–Crippen MR) is 76.9 cm³/mol. The molecular formula is C13H15N7O. The van der Waals surface area contributed by atoms with Crippen LogP contribution in [0.4, 0.5) is 5.69 Å². The molecule has 2 N–H and O–H groups in total. The molecule has 108 valence electrons. The molecule has 0 spiro atoms. The van der Waals surface area contributed by atoms with Crippen LogP contribution in [0.15, 0.2) is 30.5 Å². The van der Waals surface area contributed by atoms with E-state index in [0.29, 0.717) is 35.2 Å². The summed E-state index contributed by atoms with van der Waals surface area (Å²) in [4.78, 5) is 0. The van der Waals surface area contributed by atoms with E-state index in [2.05, 4.69) is 20.6 Å². The van der Waals surface area contributed by atoms with Gasteiger partial charge in [0.2, 0.25) is 0 Å². The van der Waals surface area contributed by atoms with Gasteiger partial charge < -0.3 is 10.5 Å². The lowest BCUT2D eigenvalue weighted by molar-refractivity contribution is 0.341. The quantitative estimate of drug-likeness (QED) is 0.719. The summed E-state index contributed by atoms with van der Waals surface area (Å²) in [6.45, 7) is 2.44. The maximum Gasteiger partial charge on any atom is 0.194 e. The third-order valence-corrected chi connectivity index (χ3v) is 2.97. The smallest absolute Gasteiger partial charge is 0.194 e. The van der Waals surface area contributed by atoms with Crippen LogP contribution in [0.1, 0.15) is 6.92 Å². The number of aromatic nitrogens is 6. The Morgan fingerprint density at radius 3 is 2.86 bits per heavy atom. The number of nitrogens with zero attached hydrogens (tertiary/aromatic N) is 6. The van der Waals surface area contributed by atoms with E-state index >= 15 is 0 Å². The number of hydrogen-bond donors (Lipinski definition) is 1. The molecule has 3 rings (SSSR count). The van der Waals surface area contributed by atoms with Gasteiger partial charge in [-0.15, -0.1) is 5.10 Å². The lowest BCUT2D eigenvalue weighted by atomic mass is 10.1. The number of rotatable bonds is 4. The van der Waals surface area contributed by atoms with Gasteiger partial charge in [0, 0.05) is 25.0 Å². The highest BCUT2D eigenvalue weighted by Crippen LogP contribution is 2.34. The lowest BCUT2D eigenvalue weighted by Crippen LogP contribution is -2.05. The summed E-state index contributed by atoms with van der Waals surface area (Å²) in [6.07, 6.45) is 1.82. The fourth-order valence-electron chi connectivity index (χ4n) is 2.08. The summed E-state index contributed by atoms with van der Waals surface area (Å²) in [7, 11) is 1.83. The zero-order valence-electron chi connectivity index (χ0n) is 11.8. The number of nitrogen functional groups attached to an aromatic ring is 1. The maximum atomic E-state index is 6.08. The van der Waals surface area contributed by atoms with Crippen LogP contribution in [0, 0.1) is 0 Å². The topological polar surface area (TPSA) is 96.7 Å². The molecule has 0 aliphatic rings. The molecule has 21 heavy (non-hydrogen) atoms. The lowest BCUT2D eigenvalue weighted by Gasteiger charge is -2.11. The Kier molecular flexibility index (Phi) is 3.27. The van der Waals surface area contributed by atoms with Crippen molar-refractivity contribution in [1.29, 1.82) is 0 Å². The minimum Gasteiger partial charge on any atom is -0.493 e. The summed E-state index contributed by atoms with van der Waals surface area (Å²) in [6, 6.07) is 7.28. The molecule has 8 heteroatoms. The number of tetrazole rings is 1. The second-order valence-corrected chi connectivity index (χ2v) is 4.42. The molecule has 0 radical (unpaired) electrons. The molecule has 0 fully saturated rings. The summed E-state index contributed by atoms with van der Waals surface area (Å²) >= 11 is 0. The summed E-state index contributed by atoms with van der Waals surface area (Å²) in [5.74, 6) is 1.75. The van der Waals surface area contributed by atoms with Crippen LogP contribution >= 0.6 is 0 Å². The van der Waals surface area contributed by atoms with Crippen molar-refractivity contribution >= 4 is 5.69 Å². The van der Waals surface area contributed by atoms with Gasteiger partial charge in [-0.2, -0.15) is 9.78 Å². The highest BCUT2D eigenvalue weighted by Gasteiger charge is 2.19. The summed E-state index contributed by atoms with van der Waals surface area (Å²) in [5.41, 5.74) is 7.29. The van der Waals surface area contributed by atoms with Gasteiger partial charge in [-0.3, -0.25) is 4.68 Å². The van der Waals surface area contributed by atoms with Crippen LogP contribution in [0.2, 0.25) is 0 Å². The van der Waals surface area contributed by atoms with E-state index < -0.39 is 0 Å². The molecule has 0 amide bonds. The third kappa shape index (κ3) is 2.31. The first-order chi connectivity index (χ1) is 10.2. The number of hydrogen-bond acceptors (Lipinski definition) is 6. The number of benzene rings is 1. The largest absolute Gasteiger partial charge is 0.493 e. The molecule has 0 unspecified atom stereocenters. The number of aryl methyl sites for hydroxylation is 1. The first-order valence-electron chi connectivity index (χ1n) is 6.50. The zero-order valence-corrected chi connectivity index (χ0v) is 11.8. The Balaban J connectivity index is 2.16. The average Bonchev–Trinajstić information content (AvgIpc) is 3.08. The molecule has 0 aliphatic carbocycles. The molecule has 0 atom stereocenters. The molecule has 2 aromatic heterocycles. The Bertz CT molecular complexity index is 761. The number of nitrogens with two attached hydrogens (primary N) is 1. The zero-order chi connectivity index (χ0) is 14.8. The van der Waals surface area contributed by atoms with E-state index in [9.17, 15) is 0 Å². The molecule has 3 aromatic rings. The third-order valence-electron chi connectivity index (χ3n) is 2.97. The number of anilines is 1. The molecular weight excluding hydrogens is 270 g/mol. The second kappa shape index (κ2) is 5.23. The molecule has 0 bridgehead atoms. The van der Waals surface area contributed by atoms with E-state index in [1.54, 1.807) is 10.7 Å². The van der Waals surface area contributed by atoms with E-state index in [-0.39, 0.29) is 0 Å². The molecule has 8 nitrogen and oxygen atoms in total. The van der Waals surface area contributed by atoms with Gasteiger partial charge in [0.25, 0.3) is 0 Å². The van der Waals surface area contributed by atoms with Gasteiger partial charge in [0.15, 0.2) is 11.6 Å². The Hall–Kier alpha value is -2.90. The molecule has 0 saturated carbocycles. The Morgan fingerprint density at radius 1 is 1.29 bits per heavy atom. The van der Waals surface area contributed by atoms with E-state index in [0.717, 1.165) is 0 Å². The van der Waals surface area contributed by atoms with Crippen LogP contribution in [-0.4, -0.2) is 36.6 Å². The van der Waals surface area contributed by atoms with E-state index in [1.807, 2.05) is 38.4 Å². The Morgan fingerprint density at radius 2 is 2.14 bits per heavy atom. The van der Waals surface area contributed by atoms with Crippen LogP contribution < -0.4 is 10.5 Å². The van der Waals surface area contributed by atoms with Crippen molar-refractivity contribution in [3.63, 3.8) is 0 Å². The van der Waals surface area contributed by atoms with Crippen molar-refractivity contribution in [2.24, 2.45) is 7.05 Å².